The van der Waals surface area contributed by atoms with Gasteiger partial charge in [0, 0.05) is 17.3 Å². The lowest BCUT2D eigenvalue weighted by Gasteiger charge is -2.45. The fraction of sp³-hybridized carbons (Fsp3) is 0.625. The van der Waals surface area contributed by atoms with Gasteiger partial charge in [-0.15, -0.1) is 0 Å². The number of hydrogen-bond acceptors (Lipinski definition) is 4. The molecule has 0 aliphatic carbocycles. The SMILES string of the molecule is C=C(C)C(=O)OCCP(=O)(/C=C(\C)C(=O)O)C(C)(C)[N+](C)(C)C. The molecule has 0 saturated heterocycles. The smallest absolute Gasteiger partial charge is 0.333 e. The summed E-state index contributed by atoms with van der Waals surface area (Å²) in [7, 11) is 2.58. The van der Waals surface area contributed by atoms with E-state index in [1.807, 2.05) is 35.0 Å². The second-order valence-corrected chi connectivity index (χ2v) is 10.5. The van der Waals surface area contributed by atoms with Crippen LogP contribution in [0.4, 0.5) is 0 Å². The number of carbonyl (C=O) groups is 2. The zero-order chi connectivity index (χ0) is 18.6. The maximum absolute atomic E-state index is 13.6. The average molecular weight is 346 g/mol. The number of ether oxygens (including phenoxy) is 1. The highest BCUT2D eigenvalue weighted by molar-refractivity contribution is 7.68. The van der Waals surface area contributed by atoms with Gasteiger partial charge in [0.2, 0.25) is 0 Å². The number of aliphatic carboxylic acids is 1. The Hall–Kier alpha value is -1.39. The summed E-state index contributed by atoms with van der Waals surface area (Å²) in [6.45, 7) is 10.1. The molecule has 1 N–H and O–H groups in total. The summed E-state index contributed by atoms with van der Waals surface area (Å²) in [6, 6.07) is 0. The molecule has 132 valence electrons. The van der Waals surface area contributed by atoms with Crippen LogP contribution in [-0.4, -0.2) is 60.7 Å². The molecule has 0 aliphatic rings. The molecule has 0 aliphatic heterocycles. The van der Waals surface area contributed by atoms with Gasteiger partial charge in [0.25, 0.3) is 0 Å². The molecule has 0 saturated carbocycles. The van der Waals surface area contributed by atoms with Crippen molar-refractivity contribution in [1.29, 1.82) is 0 Å². The Bertz CT molecular complexity index is 570. The Morgan fingerprint density at radius 3 is 2.09 bits per heavy atom. The van der Waals surface area contributed by atoms with Crippen molar-refractivity contribution in [2.24, 2.45) is 0 Å². The molecule has 0 aromatic rings. The van der Waals surface area contributed by atoms with Crippen LogP contribution < -0.4 is 0 Å². The van der Waals surface area contributed by atoms with E-state index in [2.05, 4.69) is 6.58 Å². The Labute approximate surface area is 138 Å². The van der Waals surface area contributed by atoms with Gasteiger partial charge in [-0.05, 0) is 33.5 Å². The number of carboxylic acid groups (broad SMARTS) is 1. The second kappa shape index (κ2) is 7.45. The largest absolute Gasteiger partial charge is 0.478 e. The van der Waals surface area contributed by atoms with Gasteiger partial charge in [0.1, 0.15) is 5.28 Å². The van der Waals surface area contributed by atoms with Crippen molar-refractivity contribution in [2.75, 3.05) is 33.9 Å². The summed E-state index contributed by atoms with van der Waals surface area (Å²) < 4.78 is 19.0. The topological polar surface area (TPSA) is 80.7 Å². The number of carbonyl (C=O) groups excluding carboxylic acids is 1. The zero-order valence-electron chi connectivity index (χ0n) is 15.2. The number of quaternary nitrogens is 1. The third kappa shape index (κ3) is 5.33. The van der Waals surface area contributed by atoms with Gasteiger partial charge < -0.3 is 18.9 Å². The molecule has 0 aromatic carbocycles. The first kappa shape index (κ1) is 21.6. The van der Waals surface area contributed by atoms with Crippen LogP contribution in [0, 0.1) is 0 Å². The van der Waals surface area contributed by atoms with Crippen molar-refractivity contribution in [3.63, 3.8) is 0 Å². The summed E-state index contributed by atoms with van der Waals surface area (Å²) in [4.78, 5) is 22.6. The molecule has 0 rings (SSSR count). The predicted molar refractivity (Wildman–Crippen MR) is 91.8 cm³/mol. The van der Waals surface area contributed by atoms with Gasteiger partial charge in [-0.1, -0.05) is 6.58 Å². The highest BCUT2D eigenvalue weighted by Crippen LogP contribution is 2.62. The van der Waals surface area contributed by atoms with Crippen LogP contribution in [0.2, 0.25) is 0 Å². The Balaban J connectivity index is 5.63. The van der Waals surface area contributed by atoms with Crippen molar-refractivity contribution < 1.29 is 28.5 Å². The lowest BCUT2D eigenvalue weighted by molar-refractivity contribution is -0.903. The summed E-state index contributed by atoms with van der Waals surface area (Å²) in [5.41, 5.74) is 0.295. The van der Waals surface area contributed by atoms with Crippen molar-refractivity contribution in [2.45, 2.75) is 33.0 Å². The van der Waals surface area contributed by atoms with Crippen LogP contribution in [0.1, 0.15) is 27.7 Å². The quantitative estimate of drug-likeness (QED) is 0.316. The van der Waals surface area contributed by atoms with Crippen molar-refractivity contribution >= 4 is 19.1 Å². The molecular formula is C16H29NO5P+. The number of carboxylic acids is 1. The summed E-state index contributed by atoms with van der Waals surface area (Å²) in [5.74, 6) is -0.312. The normalized spacial score (nSPS) is 15.7. The van der Waals surface area contributed by atoms with E-state index in [9.17, 15) is 14.2 Å². The molecule has 0 radical (unpaired) electrons. The van der Waals surface area contributed by atoms with Crippen LogP contribution >= 0.6 is 7.14 Å². The van der Waals surface area contributed by atoms with Gasteiger partial charge in [-0.3, -0.25) is 0 Å². The maximum atomic E-state index is 13.6. The van der Waals surface area contributed by atoms with Gasteiger partial charge >= 0.3 is 11.9 Å². The van der Waals surface area contributed by atoms with Gasteiger partial charge in [0.05, 0.1) is 27.7 Å². The molecule has 0 bridgehead atoms. The Kier molecular flexibility index (Phi) is 7.00. The highest BCUT2D eigenvalue weighted by Gasteiger charge is 2.49. The molecule has 6 nitrogen and oxygen atoms in total. The molecule has 23 heavy (non-hydrogen) atoms. The monoisotopic (exact) mass is 346 g/mol. The van der Waals surface area contributed by atoms with E-state index in [-0.39, 0.29) is 23.9 Å². The first-order valence-electron chi connectivity index (χ1n) is 7.31. The van der Waals surface area contributed by atoms with E-state index >= 15 is 0 Å². The summed E-state index contributed by atoms with van der Waals surface area (Å²) in [5, 5.41) is 8.39. The van der Waals surface area contributed by atoms with Gasteiger partial charge in [0.15, 0.2) is 7.14 Å². The number of rotatable bonds is 8. The standard InChI is InChI=1S/C16H28NO5P/c1-12(2)15(20)22-9-10-23(21,11-13(3)14(18)19)16(4,5)17(6,7)8/h11H,1,9-10H2,2-8H3/p+1/b13-11+. The fourth-order valence-electron chi connectivity index (χ4n) is 1.77. The van der Waals surface area contributed by atoms with Crippen LogP contribution in [-0.2, 0) is 18.9 Å². The van der Waals surface area contributed by atoms with Crippen molar-refractivity contribution in [3.05, 3.63) is 23.5 Å². The van der Waals surface area contributed by atoms with Crippen LogP contribution in [0.15, 0.2) is 23.5 Å². The van der Waals surface area contributed by atoms with E-state index in [4.69, 9.17) is 9.84 Å². The molecule has 0 spiro atoms. The second-order valence-electron chi connectivity index (χ2n) is 7.06. The van der Waals surface area contributed by atoms with Crippen molar-refractivity contribution in [1.82, 2.24) is 0 Å². The summed E-state index contributed by atoms with van der Waals surface area (Å²) >= 11 is 0. The number of nitrogens with zero attached hydrogens (tertiary/aromatic N) is 1. The van der Waals surface area contributed by atoms with E-state index in [0.717, 1.165) is 0 Å². The molecule has 1 unspecified atom stereocenters. The minimum Gasteiger partial charge on any atom is -0.478 e. The van der Waals surface area contributed by atoms with E-state index < -0.39 is 24.4 Å². The van der Waals surface area contributed by atoms with Crippen LogP contribution in [0.5, 0.6) is 0 Å². The average Bonchev–Trinajstić information content (AvgIpc) is 2.36. The Morgan fingerprint density at radius 2 is 1.74 bits per heavy atom. The molecule has 0 amide bonds. The molecule has 0 aromatic heterocycles. The predicted octanol–water partition coefficient (Wildman–Crippen LogP) is 2.90. The minimum absolute atomic E-state index is 0.0288. The molecule has 1 atom stereocenters. The first-order valence-corrected chi connectivity index (χ1v) is 9.27. The lowest BCUT2D eigenvalue weighted by atomic mass is 10.3. The number of esters is 1. The highest BCUT2D eigenvalue weighted by atomic mass is 31.2. The Morgan fingerprint density at radius 1 is 1.26 bits per heavy atom. The van der Waals surface area contributed by atoms with Crippen LogP contribution in [0.25, 0.3) is 0 Å². The third-order valence-electron chi connectivity index (χ3n) is 4.31. The lowest BCUT2D eigenvalue weighted by Crippen LogP contribution is -2.53. The fourth-order valence-corrected chi connectivity index (χ4v) is 4.88. The third-order valence-corrected chi connectivity index (χ3v) is 8.42. The van der Waals surface area contributed by atoms with Gasteiger partial charge in [-0.25, -0.2) is 9.59 Å². The minimum atomic E-state index is -3.12. The first-order chi connectivity index (χ1) is 10.2. The van der Waals surface area contributed by atoms with E-state index in [0.29, 0.717) is 4.48 Å². The molecule has 7 heteroatoms. The maximum Gasteiger partial charge on any atom is 0.333 e. The zero-order valence-corrected chi connectivity index (χ0v) is 16.1. The molecule has 0 heterocycles. The van der Waals surface area contributed by atoms with Crippen molar-refractivity contribution in [3.8, 4) is 0 Å². The van der Waals surface area contributed by atoms with Crippen LogP contribution in [0.3, 0.4) is 0 Å². The van der Waals surface area contributed by atoms with Gasteiger partial charge in [-0.2, -0.15) is 0 Å². The molecule has 0 fully saturated rings. The number of hydrogen-bond donors (Lipinski definition) is 1. The summed E-state index contributed by atoms with van der Waals surface area (Å²) in [6.07, 6.45) is 0.0825. The molecular weight excluding hydrogens is 317 g/mol. The van der Waals surface area contributed by atoms with E-state index in [1.54, 1.807) is 0 Å². The van der Waals surface area contributed by atoms with E-state index in [1.165, 1.54) is 19.7 Å².